The Labute approximate surface area is 194 Å². The highest BCUT2D eigenvalue weighted by molar-refractivity contribution is 6.42. The number of rotatable bonds is 5. The molecule has 7 nitrogen and oxygen atoms in total. The van der Waals surface area contributed by atoms with Crippen molar-refractivity contribution in [2.45, 2.75) is 13.1 Å². The maximum Gasteiger partial charge on any atom is 0.326 e. The highest BCUT2D eigenvalue weighted by Crippen LogP contribution is 2.27. The van der Waals surface area contributed by atoms with Crippen molar-refractivity contribution in [2.75, 3.05) is 0 Å². The number of amides is 1. The third-order valence-corrected chi connectivity index (χ3v) is 5.66. The minimum absolute atomic E-state index is 0.0151. The molecule has 0 aliphatic heterocycles. The van der Waals surface area contributed by atoms with Crippen LogP contribution in [0.3, 0.4) is 0 Å². The Balaban J connectivity index is 1.75. The molecule has 0 unspecified atom stereocenters. The number of nitrogens with one attached hydrogen (secondary N) is 2. The fraction of sp³-hybridized carbons (Fsp3) is 0.0909. The summed E-state index contributed by atoms with van der Waals surface area (Å²) in [6.07, 6.45) is 1.36. The number of pyridine rings is 1. The number of aromatic nitrogens is 3. The van der Waals surface area contributed by atoms with Gasteiger partial charge in [-0.15, -0.1) is 0 Å². The van der Waals surface area contributed by atoms with Crippen molar-refractivity contribution in [1.29, 1.82) is 0 Å². The van der Waals surface area contributed by atoms with E-state index in [1.165, 1.54) is 17.2 Å². The third kappa shape index (κ3) is 4.94. The summed E-state index contributed by atoms with van der Waals surface area (Å²) in [5, 5.41) is 0.512. The second kappa shape index (κ2) is 9.13. The van der Waals surface area contributed by atoms with Crippen LogP contribution >= 0.6 is 23.2 Å². The number of carbonyl (C=O) groups excluding carboxylic acids is 1. The number of carbonyl (C=O) groups is 1. The summed E-state index contributed by atoms with van der Waals surface area (Å²) >= 11 is 12.4. The van der Waals surface area contributed by atoms with Crippen molar-refractivity contribution in [1.82, 2.24) is 19.9 Å². The predicted octanol–water partition coefficient (Wildman–Crippen LogP) is 4.04. The molecule has 2 N–H and O–H groups in total. The molecule has 4 aromatic rings. The summed E-state index contributed by atoms with van der Waals surface area (Å²) < 4.78 is 27.5. The molecule has 0 fully saturated rings. The van der Waals surface area contributed by atoms with E-state index in [0.29, 0.717) is 17.2 Å². The lowest BCUT2D eigenvalue weighted by molar-refractivity contribution is 0.0729. The van der Waals surface area contributed by atoms with Gasteiger partial charge in [-0.1, -0.05) is 35.3 Å². The summed E-state index contributed by atoms with van der Waals surface area (Å²) in [4.78, 5) is 46.6. The number of aromatic amines is 2. The van der Waals surface area contributed by atoms with Gasteiger partial charge in [0.2, 0.25) is 0 Å². The van der Waals surface area contributed by atoms with Crippen molar-refractivity contribution >= 4 is 40.1 Å². The standard InChI is InChI=1S/C22H14Cl2F2N4O3/c23-16-3-1-2-12(18(16)24)10-30(21(32)13-5-14(25)7-15(26)6-13)9-11-4-17-19(27-8-11)20(31)29-22(33)28-17/h1-8H,9-10H2,(H2,28,29,31,33). The van der Waals surface area contributed by atoms with E-state index in [2.05, 4.69) is 15.0 Å². The van der Waals surface area contributed by atoms with Gasteiger partial charge in [0, 0.05) is 30.9 Å². The number of halogens is 4. The molecule has 0 atom stereocenters. The SMILES string of the molecule is O=C(c1cc(F)cc(F)c1)N(Cc1cnc2c(=O)[nH]c(=O)[nH]c2c1)Cc1cccc(Cl)c1Cl. The predicted molar refractivity (Wildman–Crippen MR) is 119 cm³/mol. The Kier molecular flexibility index (Phi) is 6.26. The van der Waals surface area contributed by atoms with Gasteiger partial charge in [0.05, 0.1) is 15.6 Å². The van der Waals surface area contributed by atoms with Crippen LogP contribution in [-0.4, -0.2) is 25.8 Å². The van der Waals surface area contributed by atoms with Crippen molar-refractivity contribution in [3.63, 3.8) is 0 Å². The number of H-pyrrole nitrogens is 2. The smallest absolute Gasteiger partial charge is 0.326 e. The first-order chi connectivity index (χ1) is 15.7. The topological polar surface area (TPSA) is 98.9 Å². The Hall–Kier alpha value is -3.56. The van der Waals surface area contributed by atoms with Crippen LogP contribution in [0.2, 0.25) is 10.0 Å². The highest BCUT2D eigenvalue weighted by atomic mass is 35.5. The van der Waals surface area contributed by atoms with Gasteiger partial charge < -0.3 is 9.88 Å². The molecule has 1 amide bonds. The van der Waals surface area contributed by atoms with Crippen molar-refractivity contribution in [2.24, 2.45) is 0 Å². The summed E-state index contributed by atoms with van der Waals surface area (Å²) in [5.41, 5.74) is -0.425. The molecule has 0 spiro atoms. The maximum atomic E-state index is 13.7. The monoisotopic (exact) mass is 490 g/mol. The van der Waals surface area contributed by atoms with E-state index in [9.17, 15) is 23.2 Å². The number of hydrogen-bond donors (Lipinski definition) is 2. The molecule has 33 heavy (non-hydrogen) atoms. The Morgan fingerprint density at radius 3 is 2.45 bits per heavy atom. The van der Waals surface area contributed by atoms with Crippen molar-refractivity contribution in [3.05, 3.63) is 108 Å². The van der Waals surface area contributed by atoms with Crippen molar-refractivity contribution < 1.29 is 13.6 Å². The summed E-state index contributed by atoms with van der Waals surface area (Å²) in [5.74, 6) is -2.48. The molecule has 2 aromatic carbocycles. The number of hydrogen-bond acceptors (Lipinski definition) is 4. The molecule has 0 bridgehead atoms. The van der Waals surface area contributed by atoms with Gasteiger partial charge in [0.25, 0.3) is 11.5 Å². The minimum Gasteiger partial charge on any atom is -0.330 e. The van der Waals surface area contributed by atoms with Crippen LogP contribution in [0, 0.1) is 11.6 Å². The zero-order chi connectivity index (χ0) is 23.7. The van der Waals surface area contributed by atoms with E-state index in [0.717, 1.165) is 12.1 Å². The van der Waals surface area contributed by atoms with Crippen LogP contribution in [0.15, 0.2) is 58.3 Å². The first kappa shape index (κ1) is 22.6. The lowest BCUT2D eigenvalue weighted by atomic mass is 10.1. The van der Waals surface area contributed by atoms with E-state index in [1.807, 2.05) is 0 Å². The Bertz CT molecular complexity index is 1480. The fourth-order valence-electron chi connectivity index (χ4n) is 3.34. The molecular formula is C22H14Cl2F2N4O3. The van der Waals surface area contributed by atoms with Crippen LogP contribution in [0.5, 0.6) is 0 Å². The van der Waals surface area contributed by atoms with Crippen molar-refractivity contribution in [3.8, 4) is 0 Å². The van der Waals surface area contributed by atoms with E-state index >= 15 is 0 Å². The van der Waals surface area contributed by atoms with Crippen LogP contribution in [0.4, 0.5) is 8.78 Å². The zero-order valence-corrected chi connectivity index (χ0v) is 18.2. The molecular weight excluding hydrogens is 477 g/mol. The summed E-state index contributed by atoms with van der Waals surface area (Å²) in [6.45, 7) is -0.113. The molecule has 0 aliphatic rings. The van der Waals surface area contributed by atoms with Gasteiger partial charge in [0.1, 0.15) is 11.6 Å². The average Bonchev–Trinajstić information content (AvgIpc) is 2.74. The maximum absolute atomic E-state index is 13.7. The molecule has 0 saturated carbocycles. The molecule has 0 saturated heterocycles. The second-order valence-electron chi connectivity index (χ2n) is 7.18. The summed E-state index contributed by atoms with van der Waals surface area (Å²) in [6, 6.07) is 8.91. The van der Waals surface area contributed by atoms with Crippen LogP contribution in [0.1, 0.15) is 21.5 Å². The normalized spacial score (nSPS) is 11.0. The molecule has 0 aliphatic carbocycles. The number of fused-ring (bicyclic) bond motifs is 1. The van der Waals surface area contributed by atoms with Crippen LogP contribution in [-0.2, 0) is 13.1 Å². The number of benzene rings is 2. The quantitative estimate of drug-likeness (QED) is 0.440. The van der Waals surface area contributed by atoms with E-state index in [4.69, 9.17) is 23.2 Å². The molecule has 168 valence electrons. The van der Waals surface area contributed by atoms with E-state index < -0.39 is 28.8 Å². The van der Waals surface area contributed by atoms with Gasteiger partial charge >= 0.3 is 5.69 Å². The molecule has 2 heterocycles. The Morgan fingerprint density at radius 2 is 1.73 bits per heavy atom. The van der Waals surface area contributed by atoms with Gasteiger partial charge in [-0.3, -0.25) is 14.6 Å². The minimum atomic E-state index is -0.900. The molecule has 4 rings (SSSR count). The highest BCUT2D eigenvalue weighted by Gasteiger charge is 2.20. The second-order valence-corrected chi connectivity index (χ2v) is 7.97. The molecule has 11 heteroatoms. The largest absolute Gasteiger partial charge is 0.330 e. The number of nitrogens with zero attached hydrogens (tertiary/aromatic N) is 2. The van der Waals surface area contributed by atoms with Gasteiger partial charge in [-0.2, -0.15) is 0 Å². The first-order valence-electron chi connectivity index (χ1n) is 9.51. The third-order valence-electron chi connectivity index (χ3n) is 4.80. The first-order valence-corrected chi connectivity index (χ1v) is 10.3. The van der Waals surface area contributed by atoms with Crippen LogP contribution in [0.25, 0.3) is 11.0 Å². The van der Waals surface area contributed by atoms with Gasteiger partial charge in [-0.05, 0) is 35.4 Å². The van der Waals surface area contributed by atoms with Crippen LogP contribution < -0.4 is 11.2 Å². The van der Waals surface area contributed by atoms with Gasteiger partial charge in [-0.25, -0.2) is 18.6 Å². The molecule has 2 aromatic heterocycles. The summed E-state index contributed by atoms with van der Waals surface area (Å²) in [7, 11) is 0. The lowest BCUT2D eigenvalue weighted by Gasteiger charge is -2.24. The van der Waals surface area contributed by atoms with E-state index in [-0.39, 0.29) is 39.7 Å². The lowest BCUT2D eigenvalue weighted by Crippen LogP contribution is -2.30. The zero-order valence-electron chi connectivity index (χ0n) is 16.7. The van der Waals surface area contributed by atoms with Gasteiger partial charge in [0.15, 0.2) is 5.52 Å². The fourth-order valence-corrected chi connectivity index (χ4v) is 3.72. The Morgan fingerprint density at radius 1 is 1.00 bits per heavy atom. The van der Waals surface area contributed by atoms with E-state index in [1.54, 1.807) is 18.2 Å². The average molecular weight is 491 g/mol. The molecule has 0 radical (unpaired) electrons.